The number of amides is 1. The van der Waals surface area contributed by atoms with Crippen LogP contribution >= 0.6 is 0 Å². The second-order valence-electron chi connectivity index (χ2n) is 8.41. The summed E-state index contributed by atoms with van der Waals surface area (Å²) >= 11 is 0. The van der Waals surface area contributed by atoms with E-state index >= 15 is 0 Å². The summed E-state index contributed by atoms with van der Waals surface area (Å²) in [6.45, 7) is 2.97. The molecule has 1 aliphatic heterocycles. The van der Waals surface area contributed by atoms with E-state index in [1.807, 2.05) is 0 Å². The van der Waals surface area contributed by atoms with Gasteiger partial charge in [-0.25, -0.2) is 0 Å². The third kappa shape index (κ3) is 4.39. The van der Waals surface area contributed by atoms with Crippen LogP contribution in [0, 0.1) is 5.92 Å². The van der Waals surface area contributed by atoms with Crippen LogP contribution in [0.2, 0.25) is 0 Å². The summed E-state index contributed by atoms with van der Waals surface area (Å²) in [4.78, 5) is 12.8. The average molecular weight is 428 g/mol. The number of nitrogens with two attached hydrogens (primary N) is 1. The molecule has 0 saturated heterocycles. The number of hydrogen-bond donors (Lipinski definition) is 3. The van der Waals surface area contributed by atoms with Gasteiger partial charge in [-0.2, -0.15) is 18.3 Å². The quantitative estimate of drug-likeness (QED) is 0.669. The van der Waals surface area contributed by atoms with Crippen LogP contribution in [-0.2, 0) is 10.4 Å². The highest BCUT2D eigenvalue weighted by Crippen LogP contribution is 2.41. The van der Waals surface area contributed by atoms with E-state index < -0.39 is 29.4 Å². The van der Waals surface area contributed by atoms with Crippen LogP contribution in [0.4, 0.5) is 18.9 Å². The van der Waals surface area contributed by atoms with Crippen LogP contribution in [0.3, 0.4) is 0 Å². The number of anilines is 1. The fourth-order valence-electron chi connectivity index (χ4n) is 4.07. The summed E-state index contributed by atoms with van der Waals surface area (Å²) < 4.78 is 42.9. The Balaban J connectivity index is 2.08. The smallest absolute Gasteiger partial charge is 0.396 e. The number of carbonyl (C=O) groups excluding carboxylic acids is 1. The van der Waals surface area contributed by atoms with Gasteiger partial charge in [0.25, 0.3) is 0 Å². The molecule has 2 heterocycles. The van der Waals surface area contributed by atoms with Gasteiger partial charge >= 0.3 is 6.18 Å². The van der Waals surface area contributed by atoms with E-state index in [9.17, 15) is 28.2 Å². The van der Waals surface area contributed by atoms with Crippen molar-refractivity contribution < 1.29 is 28.2 Å². The molecule has 1 saturated carbocycles. The molecule has 1 aliphatic carbocycles. The number of nitrogens with zero attached hydrogens (tertiary/aromatic N) is 3. The van der Waals surface area contributed by atoms with Crippen molar-refractivity contribution in [1.29, 1.82) is 0 Å². The van der Waals surface area contributed by atoms with E-state index in [0.717, 1.165) is 29.9 Å². The number of alkyl halides is 3. The molecule has 10 heteroatoms. The number of aromatic nitrogens is 2. The van der Waals surface area contributed by atoms with E-state index in [2.05, 4.69) is 5.10 Å². The molecule has 1 amide bonds. The van der Waals surface area contributed by atoms with Crippen LogP contribution in [-0.4, -0.2) is 44.7 Å². The van der Waals surface area contributed by atoms with Crippen molar-refractivity contribution in [3.05, 3.63) is 35.8 Å². The van der Waals surface area contributed by atoms with E-state index in [4.69, 9.17) is 5.73 Å². The Kier molecular flexibility index (Phi) is 6.01. The molecule has 1 aromatic rings. The third-order valence-electron chi connectivity index (χ3n) is 5.67. The van der Waals surface area contributed by atoms with Gasteiger partial charge in [0, 0.05) is 12.8 Å². The first-order valence-electron chi connectivity index (χ1n) is 9.90. The highest BCUT2D eigenvalue weighted by molar-refractivity contribution is 5.88. The van der Waals surface area contributed by atoms with Crippen molar-refractivity contribution in [3.8, 4) is 0 Å². The standard InChI is InChI=1S/C20H27F3N4O3/c1-19(2,30)17-15(10-26(25-17)13-8-6-12(11-28)7-9-13)27-14(18(24)29)4-3-5-16(27)20(21,22)23/h3-5,10,12-14,28,30H,6-9,11H2,1-2H3,(H2,24,29). The Morgan fingerprint density at radius 2 is 1.90 bits per heavy atom. The lowest BCUT2D eigenvalue weighted by molar-refractivity contribution is -0.119. The van der Waals surface area contributed by atoms with Crippen LogP contribution in [0.1, 0.15) is 51.3 Å². The molecule has 7 nitrogen and oxygen atoms in total. The highest BCUT2D eigenvalue weighted by atomic mass is 19.4. The van der Waals surface area contributed by atoms with Gasteiger partial charge in [-0.05, 0) is 51.5 Å². The van der Waals surface area contributed by atoms with Gasteiger partial charge in [-0.1, -0.05) is 12.2 Å². The number of aliphatic hydroxyl groups is 2. The molecule has 1 aromatic heterocycles. The summed E-state index contributed by atoms with van der Waals surface area (Å²) in [5, 5.41) is 24.4. The van der Waals surface area contributed by atoms with E-state index in [0.29, 0.717) is 12.8 Å². The zero-order valence-electron chi connectivity index (χ0n) is 16.9. The fraction of sp³-hybridized carbons (Fsp3) is 0.600. The average Bonchev–Trinajstić information content (AvgIpc) is 3.12. The molecule has 2 aliphatic rings. The molecule has 0 bridgehead atoms. The van der Waals surface area contributed by atoms with Crippen molar-refractivity contribution in [2.45, 2.75) is 63.4 Å². The van der Waals surface area contributed by atoms with Crippen LogP contribution in [0.5, 0.6) is 0 Å². The molecule has 30 heavy (non-hydrogen) atoms. The van der Waals surface area contributed by atoms with Crippen molar-refractivity contribution in [3.63, 3.8) is 0 Å². The predicted octanol–water partition coefficient (Wildman–Crippen LogP) is 2.51. The molecule has 1 fully saturated rings. The monoisotopic (exact) mass is 428 g/mol. The Bertz CT molecular complexity index is 846. The normalized spacial score (nSPS) is 25.4. The molecule has 0 radical (unpaired) electrons. The first-order valence-corrected chi connectivity index (χ1v) is 9.90. The summed E-state index contributed by atoms with van der Waals surface area (Å²) in [6.07, 6.45) is 2.99. The number of carbonyl (C=O) groups is 1. The number of aliphatic hydroxyl groups excluding tert-OH is 1. The van der Waals surface area contributed by atoms with Crippen molar-refractivity contribution in [1.82, 2.24) is 9.78 Å². The van der Waals surface area contributed by atoms with E-state index in [1.54, 1.807) is 4.68 Å². The van der Waals surface area contributed by atoms with Gasteiger partial charge in [0.2, 0.25) is 5.91 Å². The Hall–Kier alpha value is -2.33. The summed E-state index contributed by atoms with van der Waals surface area (Å²) in [5.41, 5.74) is 2.81. The summed E-state index contributed by atoms with van der Waals surface area (Å²) in [7, 11) is 0. The lowest BCUT2D eigenvalue weighted by Crippen LogP contribution is -2.48. The van der Waals surface area contributed by atoms with Gasteiger partial charge in [0.05, 0.1) is 11.7 Å². The van der Waals surface area contributed by atoms with Crippen LogP contribution in [0.25, 0.3) is 0 Å². The van der Waals surface area contributed by atoms with Crippen LogP contribution in [0.15, 0.2) is 30.1 Å². The van der Waals surface area contributed by atoms with Gasteiger partial charge in [-0.3, -0.25) is 9.48 Å². The molecule has 0 spiro atoms. The minimum atomic E-state index is -4.74. The second-order valence-corrected chi connectivity index (χ2v) is 8.41. The Morgan fingerprint density at radius 3 is 2.40 bits per heavy atom. The molecule has 166 valence electrons. The molecular weight excluding hydrogens is 401 g/mol. The Morgan fingerprint density at radius 1 is 1.27 bits per heavy atom. The van der Waals surface area contributed by atoms with Gasteiger partial charge in [0.15, 0.2) is 0 Å². The van der Waals surface area contributed by atoms with Crippen molar-refractivity contribution in [2.24, 2.45) is 11.7 Å². The molecule has 1 atom stereocenters. The lowest BCUT2D eigenvalue weighted by atomic mass is 9.87. The fourth-order valence-corrected chi connectivity index (χ4v) is 4.07. The Labute approximate surface area is 172 Å². The minimum absolute atomic E-state index is 0.0106. The predicted molar refractivity (Wildman–Crippen MR) is 104 cm³/mol. The summed E-state index contributed by atoms with van der Waals surface area (Å²) in [5.74, 6) is -0.740. The van der Waals surface area contributed by atoms with Crippen molar-refractivity contribution in [2.75, 3.05) is 11.5 Å². The van der Waals surface area contributed by atoms with E-state index in [-0.39, 0.29) is 29.9 Å². The number of halogens is 3. The van der Waals surface area contributed by atoms with Gasteiger partial charge in [0.1, 0.15) is 23.0 Å². The maximum Gasteiger partial charge on any atom is 0.431 e. The maximum atomic E-state index is 13.8. The number of hydrogen-bond acceptors (Lipinski definition) is 5. The molecular formula is C20H27F3N4O3. The SMILES string of the molecule is CC(C)(O)c1nn(C2CCC(CO)CC2)cc1N1C(C(F)(F)F)=CC=CC1C(N)=O. The number of allylic oxidation sites excluding steroid dienone is 3. The molecule has 3 rings (SSSR count). The zero-order valence-corrected chi connectivity index (χ0v) is 16.9. The topological polar surface area (TPSA) is 105 Å². The largest absolute Gasteiger partial charge is 0.431 e. The number of primary amides is 1. The maximum absolute atomic E-state index is 13.8. The van der Waals surface area contributed by atoms with Gasteiger partial charge in [-0.15, -0.1) is 0 Å². The molecule has 1 unspecified atom stereocenters. The van der Waals surface area contributed by atoms with Crippen molar-refractivity contribution >= 4 is 11.6 Å². The van der Waals surface area contributed by atoms with Crippen LogP contribution < -0.4 is 10.6 Å². The number of rotatable bonds is 5. The molecule has 4 N–H and O–H groups in total. The summed E-state index contributed by atoms with van der Waals surface area (Å²) in [6, 6.07) is -1.44. The second kappa shape index (κ2) is 8.07. The van der Waals surface area contributed by atoms with Gasteiger partial charge < -0.3 is 20.8 Å². The minimum Gasteiger partial charge on any atom is -0.396 e. The van der Waals surface area contributed by atoms with E-state index in [1.165, 1.54) is 26.1 Å². The zero-order chi connectivity index (χ0) is 22.3. The third-order valence-corrected chi connectivity index (χ3v) is 5.67. The molecule has 0 aromatic carbocycles. The lowest BCUT2D eigenvalue weighted by Gasteiger charge is -2.35. The first-order chi connectivity index (χ1) is 13.9. The first kappa shape index (κ1) is 22.4. The highest BCUT2D eigenvalue weighted by Gasteiger charge is 2.45.